The van der Waals surface area contributed by atoms with E-state index in [1.807, 2.05) is 19.2 Å². The predicted octanol–water partition coefficient (Wildman–Crippen LogP) is 3.99. The molecule has 1 unspecified atom stereocenters. The van der Waals surface area contributed by atoms with E-state index in [1.165, 1.54) is 22.1 Å². The topological polar surface area (TPSA) is 37.0 Å². The van der Waals surface area contributed by atoms with E-state index in [-0.39, 0.29) is 0 Å². The van der Waals surface area contributed by atoms with Crippen LogP contribution in [-0.4, -0.2) is 19.1 Å². The summed E-state index contributed by atoms with van der Waals surface area (Å²) >= 11 is 0. The maximum atomic E-state index is 5.29. The van der Waals surface area contributed by atoms with Crippen LogP contribution in [0, 0.1) is 6.92 Å². The second-order valence-electron chi connectivity index (χ2n) is 5.63. The van der Waals surface area contributed by atoms with Crippen molar-refractivity contribution < 1.29 is 4.74 Å². The number of hydrogen-bond donors (Lipinski definition) is 2. The van der Waals surface area contributed by atoms with Gasteiger partial charge >= 0.3 is 0 Å². The van der Waals surface area contributed by atoms with Gasteiger partial charge in [-0.1, -0.05) is 24.3 Å². The van der Waals surface area contributed by atoms with Crippen LogP contribution >= 0.6 is 0 Å². The van der Waals surface area contributed by atoms with Crippen LogP contribution in [0.15, 0.2) is 48.7 Å². The standard InChI is InChI=1S/C19H22N2O/c1-13-6-4-5-7-16(13)18(20-2)10-14-12-21-19-11-15(22-3)8-9-17(14)19/h4-9,11-12,18,20-21H,10H2,1-3H3. The summed E-state index contributed by atoms with van der Waals surface area (Å²) in [6, 6.07) is 15.1. The van der Waals surface area contributed by atoms with E-state index in [9.17, 15) is 0 Å². The number of likely N-dealkylation sites (N-methyl/N-ethyl adjacent to an activating group) is 1. The smallest absolute Gasteiger partial charge is 0.120 e. The fourth-order valence-electron chi connectivity index (χ4n) is 3.03. The van der Waals surface area contributed by atoms with Crippen molar-refractivity contribution in [1.29, 1.82) is 0 Å². The lowest BCUT2D eigenvalue weighted by Crippen LogP contribution is -2.19. The van der Waals surface area contributed by atoms with Crippen LogP contribution in [0.2, 0.25) is 0 Å². The van der Waals surface area contributed by atoms with Crippen LogP contribution in [-0.2, 0) is 6.42 Å². The summed E-state index contributed by atoms with van der Waals surface area (Å²) in [4.78, 5) is 3.35. The molecule has 1 aromatic heterocycles. The molecule has 1 heterocycles. The fourth-order valence-corrected chi connectivity index (χ4v) is 3.03. The first-order chi connectivity index (χ1) is 10.7. The minimum atomic E-state index is 0.308. The molecule has 0 radical (unpaired) electrons. The monoisotopic (exact) mass is 294 g/mol. The molecular weight excluding hydrogens is 272 g/mol. The van der Waals surface area contributed by atoms with Gasteiger partial charge in [-0.3, -0.25) is 0 Å². The van der Waals surface area contributed by atoms with E-state index < -0.39 is 0 Å². The molecule has 0 aliphatic carbocycles. The Hall–Kier alpha value is -2.26. The van der Waals surface area contributed by atoms with Gasteiger partial charge in [0.05, 0.1) is 7.11 Å². The van der Waals surface area contributed by atoms with Crippen LogP contribution < -0.4 is 10.1 Å². The Balaban J connectivity index is 1.93. The highest BCUT2D eigenvalue weighted by Crippen LogP contribution is 2.28. The number of rotatable bonds is 5. The Morgan fingerprint density at radius 1 is 1.18 bits per heavy atom. The van der Waals surface area contributed by atoms with E-state index in [0.29, 0.717) is 6.04 Å². The van der Waals surface area contributed by atoms with Crippen LogP contribution in [0.1, 0.15) is 22.7 Å². The summed E-state index contributed by atoms with van der Waals surface area (Å²) in [5.74, 6) is 0.880. The number of aromatic nitrogens is 1. The molecule has 22 heavy (non-hydrogen) atoms. The third kappa shape index (κ3) is 2.72. The lowest BCUT2D eigenvalue weighted by Gasteiger charge is -2.18. The lowest BCUT2D eigenvalue weighted by atomic mass is 9.95. The molecule has 3 aromatic rings. The minimum Gasteiger partial charge on any atom is -0.497 e. The number of nitrogens with one attached hydrogen (secondary N) is 2. The van der Waals surface area contributed by atoms with Gasteiger partial charge in [0.1, 0.15) is 5.75 Å². The number of aryl methyl sites for hydroxylation is 1. The summed E-state index contributed by atoms with van der Waals surface area (Å²) in [5, 5.41) is 4.71. The molecule has 3 heteroatoms. The second-order valence-corrected chi connectivity index (χ2v) is 5.63. The van der Waals surface area contributed by atoms with Crippen LogP contribution in [0.5, 0.6) is 5.75 Å². The van der Waals surface area contributed by atoms with Crippen molar-refractivity contribution in [3.63, 3.8) is 0 Å². The van der Waals surface area contributed by atoms with Crippen molar-refractivity contribution in [3.05, 3.63) is 65.4 Å². The molecule has 0 aliphatic rings. The van der Waals surface area contributed by atoms with Crippen molar-refractivity contribution >= 4 is 10.9 Å². The Morgan fingerprint density at radius 2 is 2.00 bits per heavy atom. The average Bonchev–Trinajstić information content (AvgIpc) is 2.95. The molecule has 0 saturated carbocycles. The third-order valence-electron chi connectivity index (χ3n) is 4.31. The maximum absolute atomic E-state index is 5.29. The first kappa shape index (κ1) is 14.7. The van der Waals surface area contributed by atoms with Gasteiger partial charge < -0.3 is 15.0 Å². The molecule has 1 atom stereocenters. The van der Waals surface area contributed by atoms with Crippen molar-refractivity contribution in [2.45, 2.75) is 19.4 Å². The van der Waals surface area contributed by atoms with Gasteiger partial charge in [0.2, 0.25) is 0 Å². The number of ether oxygens (including phenoxy) is 1. The normalized spacial score (nSPS) is 12.5. The number of methoxy groups -OCH3 is 1. The van der Waals surface area contributed by atoms with Gasteiger partial charge in [-0.15, -0.1) is 0 Å². The Labute approximate surface area is 131 Å². The number of fused-ring (bicyclic) bond motifs is 1. The summed E-state index contributed by atoms with van der Waals surface area (Å²) in [6.45, 7) is 2.17. The lowest BCUT2D eigenvalue weighted by molar-refractivity contribution is 0.415. The van der Waals surface area contributed by atoms with E-state index in [4.69, 9.17) is 4.74 Å². The molecule has 0 amide bonds. The van der Waals surface area contributed by atoms with Crippen molar-refractivity contribution in [3.8, 4) is 5.75 Å². The Bertz CT molecular complexity index is 776. The SMILES string of the molecule is CNC(Cc1c[nH]c2cc(OC)ccc12)c1ccccc1C. The molecule has 0 bridgehead atoms. The van der Waals surface area contributed by atoms with E-state index in [0.717, 1.165) is 17.7 Å². The molecular formula is C19H22N2O. The number of aromatic amines is 1. The van der Waals surface area contributed by atoms with Crippen LogP contribution in [0.25, 0.3) is 10.9 Å². The summed E-state index contributed by atoms with van der Waals surface area (Å²) in [6.07, 6.45) is 3.06. The number of hydrogen-bond acceptors (Lipinski definition) is 2. The highest BCUT2D eigenvalue weighted by Gasteiger charge is 2.14. The summed E-state index contributed by atoms with van der Waals surface area (Å²) in [7, 11) is 3.72. The van der Waals surface area contributed by atoms with Gasteiger partial charge in [0, 0.05) is 29.2 Å². The average molecular weight is 294 g/mol. The molecule has 114 valence electrons. The second kappa shape index (κ2) is 6.24. The van der Waals surface area contributed by atoms with Gasteiger partial charge in [-0.25, -0.2) is 0 Å². The molecule has 0 fully saturated rings. The minimum absolute atomic E-state index is 0.308. The van der Waals surface area contributed by atoms with E-state index >= 15 is 0 Å². The molecule has 3 rings (SSSR count). The largest absolute Gasteiger partial charge is 0.497 e. The summed E-state index contributed by atoms with van der Waals surface area (Å²) in [5.41, 5.74) is 5.12. The third-order valence-corrected chi connectivity index (χ3v) is 4.31. The highest BCUT2D eigenvalue weighted by molar-refractivity contribution is 5.84. The fraction of sp³-hybridized carbons (Fsp3) is 0.263. The van der Waals surface area contributed by atoms with Crippen molar-refractivity contribution in [2.24, 2.45) is 0 Å². The highest BCUT2D eigenvalue weighted by atomic mass is 16.5. The van der Waals surface area contributed by atoms with Gasteiger partial charge in [0.25, 0.3) is 0 Å². The maximum Gasteiger partial charge on any atom is 0.120 e. The molecule has 3 nitrogen and oxygen atoms in total. The van der Waals surface area contributed by atoms with Gasteiger partial charge in [-0.2, -0.15) is 0 Å². The first-order valence-corrected chi connectivity index (χ1v) is 7.59. The molecule has 2 N–H and O–H groups in total. The number of H-pyrrole nitrogens is 1. The quantitative estimate of drug-likeness (QED) is 0.746. The van der Waals surface area contributed by atoms with Crippen LogP contribution in [0.4, 0.5) is 0 Å². The molecule has 0 spiro atoms. The molecule has 2 aromatic carbocycles. The van der Waals surface area contributed by atoms with Gasteiger partial charge in [-0.05, 0) is 49.2 Å². The molecule has 0 saturated heterocycles. The predicted molar refractivity (Wildman–Crippen MR) is 91.5 cm³/mol. The zero-order valence-electron chi connectivity index (χ0n) is 13.3. The summed E-state index contributed by atoms with van der Waals surface area (Å²) < 4.78 is 5.29. The van der Waals surface area contributed by atoms with E-state index in [2.05, 4.69) is 53.8 Å². The van der Waals surface area contributed by atoms with Gasteiger partial charge in [0.15, 0.2) is 0 Å². The Kier molecular flexibility index (Phi) is 4.16. The van der Waals surface area contributed by atoms with Crippen molar-refractivity contribution in [1.82, 2.24) is 10.3 Å². The zero-order chi connectivity index (χ0) is 15.5. The number of benzene rings is 2. The first-order valence-electron chi connectivity index (χ1n) is 7.59. The van der Waals surface area contributed by atoms with Crippen molar-refractivity contribution in [2.75, 3.05) is 14.2 Å². The zero-order valence-corrected chi connectivity index (χ0v) is 13.3. The van der Waals surface area contributed by atoms with Crippen LogP contribution in [0.3, 0.4) is 0 Å². The molecule has 0 aliphatic heterocycles. The Morgan fingerprint density at radius 3 is 2.73 bits per heavy atom. The van der Waals surface area contributed by atoms with E-state index in [1.54, 1.807) is 7.11 Å².